The summed E-state index contributed by atoms with van der Waals surface area (Å²) in [6, 6.07) is 0.430. The van der Waals surface area contributed by atoms with Crippen molar-refractivity contribution in [3.05, 3.63) is 18.1 Å². The van der Waals surface area contributed by atoms with E-state index in [1.165, 1.54) is 0 Å². The molecule has 1 N–H and O–H groups in total. The van der Waals surface area contributed by atoms with Crippen LogP contribution in [0.3, 0.4) is 0 Å². The van der Waals surface area contributed by atoms with Gasteiger partial charge in [0, 0.05) is 25.9 Å². The summed E-state index contributed by atoms with van der Waals surface area (Å²) in [4.78, 5) is 8.39. The molecule has 0 atom stereocenters. The Hall–Kier alpha value is -1.20. The first-order valence-corrected chi connectivity index (χ1v) is 5.38. The van der Waals surface area contributed by atoms with Crippen molar-refractivity contribution in [3.63, 3.8) is 0 Å². The van der Waals surface area contributed by atoms with E-state index in [2.05, 4.69) is 29.1 Å². The van der Waals surface area contributed by atoms with Crippen LogP contribution in [0.1, 0.15) is 19.5 Å². The molecule has 1 heterocycles. The summed E-state index contributed by atoms with van der Waals surface area (Å²) in [6.45, 7) is 5.92. The molecule has 90 valence electrons. The Morgan fingerprint density at radius 2 is 2.12 bits per heavy atom. The molecular weight excluding hydrogens is 206 g/mol. The molecule has 0 unspecified atom stereocenters. The van der Waals surface area contributed by atoms with E-state index in [1.807, 2.05) is 0 Å². The van der Waals surface area contributed by atoms with Gasteiger partial charge in [0.2, 0.25) is 5.88 Å². The number of hydrogen-bond donors (Lipinski definition) is 1. The van der Waals surface area contributed by atoms with E-state index in [-0.39, 0.29) is 0 Å². The maximum atomic E-state index is 5.37. The van der Waals surface area contributed by atoms with Crippen LogP contribution in [-0.2, 0) is 11.3 Å². The van der Waals surface area contributed by atoms with E-state index in [9.17, 15) is 0 Å². The Kier molecular flexibility index (Phi) is 5.74. The molecule has 5 heteroatoms. The second kappa shape index (κ2) is 7.14. The highest BCUT2D eigenvalue weighted by molar-refractivity contribution is 5.08. The lowest BCUT2D eigenvalue weighted by atomic mass is 10.3. The zero-order valence-electron chi connectivity index (χ0n) is 10.1. The van der Waals surface area contributed by atoms with Crippen molar-refractivity contribution in [2.24, 2.45) is 0 Å². The second-order valence-corrected chi connectivity index (χ2v) is 3.73. The van der Waals surface area contributed by atoms with E-state index in [4.69, 9.17) is 9.47 Å². The van der Waals surface area contributed by atoms with Crippen LogP contribution < -0.4 is 10.1 Å². The van der Waals surface area contributed by atoms with Gasteiger partial charge >= 0.3 is 0 Å². The summed E-state index contributed by atoms with van der Waals surface area (Å²) < 4.78 is 10.3. The van der Waals surface area contributed by atoms with Crippen molar-refractivity contribution in [2.45, 2.75) is 26.4 Å². The maximum Gasteiger partial charge on any atom is 0.232 e. The molecule has 16 heavy (non-hydrogen) atoms. The van der Waals surface area contributed by atoms with Gasteiger partial charge in [0.25, 0.3) is 0 Å². The predicted octanol–water partition coefficient (Wildman–Crippen LogP) is 1.000. The second-order valence-electron chi connectivity index (χ2n) is 3.73. The normalized spacial score (nSPS) is 10.8. The van der Waals surface area contributed by atoms with Crippen LogP contribution in [0.25, 0.3) is 0 Å². The number of nitrogens with zero attached hydrogens (tertiary/aromatic N) is 2. The summed E-state index contributed by atoms with van der Waals surface area (Å²) >= 11 is 0. The first kappa shape index (κ1) is 12.9. The summed E-state index contributed by atoms with van der Waals surface area (Å²) in [7, 11) is 1.64. The molecule has 0 spiro atoms. The fourth-order valence-electron chi connectivity index (χ4n) is 1.08. The average Bonchev–Trinajstić information content (AvgIpc) is 2.27. The number of aromatic nitrogens is 2. The zero-order chi connectivity index (χ0) is 11.8. The fraction of sp³-hybridized carbons (Fsp3) is 0.636. The summed E-state index contributed by atoms with van der Waals surface area (Å²) in [5, 5.41) is 3.27. The molecular formula is C11H19N3O2. The molecule has 0 amide bonds. The van der Waals surface area contributed by atoms with Gasteiger partial charge in [0.05, 0.1) is 18.5 Å². The van der Waals surface area contributed by atoms with Crippen molar-refractivity contribution >= 4 is 0 Å². The summed E-state index contributed by atoms with van der Waals surface area (Å²) in [6.07, 6.45) is 3.34. The monoisotopic (exact) mass is 225 g/mol. The fourth-order valence-corrected chi connectivity index (χ4v) is 1.08. The molecule has 0 aliphatic rings. The minimum Gasteiger partial charge on any atom is -0.474 e. The van der Waals surface area contributed by atoms with Crippen LogP contribution in [0, 0.1) is 0 Å². The van der Waals surface area contributed by atoms with Gasteiger partial charge in [-0.05, 0) is 0 Å². The van der Waals surface area contributed by atoms with Gasteiger partial charge < -0.3 is 14.8 Å². The largest absolute Gasteiger partial charge is 0.474 e. The lowest BCUT2D eigenvalue weighted by molar-refractivity contribution is 0.143. The Morgan fingerprint density at radius 3 is 2.81 bits per heavy atom. The molecule has 5 nitrogen and oxygen atoms in total. The standard InChI is InChI=1S/C11H19N3O2/c1-9(2)13-7-10-6-12-8-11(14-10)16-5-4-15-3/h6,8-9,13H,4-5,7H2,1-3H3. The molecule has 1 aromatic rings. The minimum atomic E-state index is 0.430. The van der Waals surface area contributed by atoms with Crippen LogP contribution in [0.2, 0.25) is 0 Å². The number of rotatable bonds is 7. The molecule has 0 bridgehead atoms. The summed E-state index contributed by atoms with van der Waals surface area (Å²) in [5.41, 5.74) is 0.878. The molecule has 0 saturated heterocycles. The SMILES string of the molecule is COCCOc1cncc(CNC(C)C)n1. The van der Waals surface area contributed by atoms with Gasteiger partial charge in [0.1, 0.15) is 6.61 Å². The smallest absolute Gasteiger partial charge is 0.232 e. The Balaban J connectivity index is 2.43. The molecule has 1 aromatic heterocycles. The third-order valence-corrected chi connectivity index (χ3v) is 1.89. The van der Waals surface area contributed by atoms with Crippen LogP contribution in [0.15, 0.2) is 12.4 Å². The topological polar surface area (TPSA) is 56.3 Å². The lowest BCUT2D eigenvalue weighted by Gasteiger charge is -2.08. The number of methoxy groups -OCH3 is 1. The van der Waals surface area contributed by atoms with E-state index in [0.29, 0.717) is 31.7 Å². The quantitative estimate of drug-likeness (QED) is 0.702. The molecule has 0 aliphatic heterocycles. The molecule has 0 fully saturated rings. The van der Waals surface area contributed by atoms with Crippen LogP contribution in [-0.4, -0.2) is 36.3 Å². The minimum absolute atomic E-state index is 0.430. The third kappa shape index (κ3) is 5.04. The highest BCUT2D eigenvalue weighted by Gasteiger charge is 2.00. The van der Waals surface area contributed by atoms with Crippen molar-refractivity contribution in [1.29, 1.82) is 0 Å². The predicted molar refractivity (Wildman–Crippen MR) is 61.4 cm³/mol. The van der Waals surface area contributed by atoms with E-state index in [1.54, 1.807) is 19.5 Å². The maximum absolute atomic E-state index is 5.37. The molecule has 0 saturated carbocycles. The van der Waals surface area contributed by atoms with Gasteiger partial charge in [-0.1, -0.05) is 13.8 Å². The van der Waals surface area contributed by atoms with Gasteiger partial charge in [-0.15, -0.1) is 0 Å². The number of ether oxygens (including phenoxy) is 2. The molecule has 0 aliphatic carbocycles. The van der Waals surface area contributed by atoms with Crippen LogP contribution in [0.5, 0.6) is 5.88 Å². The van der Waals surface area contributed by atoms with Crippen molar-refractivity contribution in [3.8, 4) is 5.88 Å². The first-order valence-electron chi connectivity index (χ1n) is 5.38. The zero-order valence-corrected chi connectivity index (χ0v) is 10.1. The highest BCUT2D eigenvalue weighted by Crippen LogP contribution is 2.04. The first-order chi connectivity index (χ1) is 7.72. The number of nitrogens with one attached hydrogen (secondary N) is 1. The molecule has 1 rings (SSSR count). The highest BCUT2D eigenvalue weighted by atomic mass is 16.5. The number of hydrogen-bond acceptors (Lipinski definition) is 5. The van der Waals surface area contributed by atoms with Gasteiger partial charge in [-0.3, -0.25) is 4.98 Å². The molecule has 0 radical (unpaired) electrons. The third-order valence-electron chi connectivity index (χ3n) is 1.89. The van der Waals surface area contributed by atoms with Crippen molar-refractivity contribution in [2.75, 3.05) is 20.3 Å². The van der Waals surface area contributed by atoms with E-state index >= 15 is 0 Å². The van der Waals surface area contributed by atoms with Gasteiger partial charge in [0.15, 0.2) is 0 Å². The van der Waals surface area contributed by atoms with Crippen LogP contribution >= 0.6 is 0 Å². The average molecular weight is 225 g/mol. The van der Waals surface area contributed by atoms with Crippen LogP contribution in [0.4, 0.5) is 0 Å². The summed E-state index contributed by atoms with van der Waals surface area (Å²) in [5.74, 6) is 0.542. The van der Waals surface area contributed by atoms with E-state index < -0.39 is 0 Å². The van der Waals surface area contributed by atoms with Crippen molar-refractivity contribution < 1.29 is 9.47 Å². The Labute approximate surface area is 96.2 Å². The van der Waals surface area contributed by atoms with Gasteiger partial charge in [-0.2, -0.15) is 0 Å². The lowest BCUT2D eigenvalue weighted by Crippen LogP contribution is -2.22. The van der Waals surface area contributed by atoms with Gasteiger partial charge in [-0.25, -0.2) is 4.98 Å². The Morgan fingerprint density at radius 1 is 1.31 bits per heavy atom. The molecule has 0 aromatic carbocycles. The Bertz CT molecular complexity index is 305. The van der Waals surface area contributed by atoms with E-state index in [0.717, 1.165) is 5.69 Å². The van der Waals surface area contributed by atoms with Crippen molar-refractivity contribution in [1.82, 2.24) is 15.3 Å².